The van der Waals surface area contributed by atoms with E-state index < -0.39 is 36.1 Å². The maximum Gasteiger partial charge on any atom is 0.315 e. The van der Waals surface area contributed by atoms with E-state index in [0.29, 0.717) is 12.1 Å². The first-order chi connectivity index (χ1) is 8.70. The maximum atomic E-state index is 13.4. The maximum absolute atomic E-state index is 13.4. The summed E-state index contributed by atoms with van der Waals surface area (Å²) in [5.41, 5.74) is 0.501. The lowest BCUT2D eigenvalue weighted by Crippen LogP contribution is -2.64. The molecular weight excluding hydrogens is 288 g/mol. The van der Waals surface area contributed by atoms with Crippen molar-refractivity contribution in [2.75, 3.05) is 5.88 Å². The average molecular weight is 301 g/mol. The summed E-state index contributed by atoms with van der Waals surface area (Å²) in [7, 11) is 0. The Morgan fingerprint density at radius 1 is 1.47 bits per heavy atom. The normalized spacial score (nSPS) is 31.9. The fourth-order valence-electron chi connectivity index (χ4n) is 2.53. The van der Waals surface area contributed by atoms with Crippen LogP contribution in [-0.4, -0.2) is 40.4 Å². The van der Waals surface area contributed by atoms with Crippen molar-refractivity contribution in [3.8, 4) is 0 Å². The lowest BCUT2D eigenvalue weighted by Gasteiger charge is -2.47. The Bertz CT molecular complexity index is 427. The molecule has 1 aliphatic carbocycles. The van der Waals surface area contributed by atoms with Crippen LogP contribution < -0.4 is 0 Å². The molecule has 1 saturated carbocycles. The summed E-state index contributed by atoms with van der Waals surface area (Å²) in [6.07, 6.45) is -0.475. The standard InChI is InChI=1S/C11H13ClF4N2O/c1-6(19)18-9(4-7(17-18)2-3-12)8-5-10(13,14)11(8,15)16/h8-9H,2-5H2,1H3. The summed E-state index contributed by atoms with van der Waals surface area (Å²) in [5, 5.41) is 4.81. The molecule has 0 aromatic heterocycles. The molecular formula is C11H13ClF4N2O. The number of halogens is 5. The highest BCUT2D eigenvalue weighted by atomic mass is 35.5. The summed E-state index contributed by atoms with van der Waals surface area (Å²) in [5.74, 6) is -9.91. The summed E-state index contributed by atoms with van der Waals surface area (Å²) in [6.45, 7) is 1.18. The van der Waals surface area contributed by atoms with Crippen molar-refractivity contribution in [3.05, 3.63) is 0 Å². The van der Waals surface area contributed by atoms with Crippen molar-refractivity contribution in [2.45, 2.75) is 44.1 Å². The first kappa shape index (κ1) is 14.6. The van der Waals surface area contributed by atoms with Gasteiger partial charge in [-0.1, -0.05) is 0 Å². The highest BCUT2D eigenvalue weighted by Gasteiger charge is 2.74. The zero-order valence-corrected chi connectivity index (χ0v) is 10.9. The molecule has 19 heavy (non-hydrogen) atoms. The molecule has 2 unspecified atom stereocenters. The van der Waals surface area contributed by atoms with Crippen LogP contribution in [0.25, 0.3) is 0 Å². The molecule has 0 N–H and O–H groups in total. The van der Waals surface area contributed by atoms with E-state index in [1.54, 1.807) is 0 Å². The third-order valence-electron chi connectivity index (χ3n) is 3.61. The van der Waals surface area contributed by atoms with Crippen LogP contribution in [-0.2, 0) is 4.79 Å². The molecule has 0 bridgehead atoms. The molecule has 3 nitrogen and oxygen atoms in total. The van der Waals surface area contributed by atoms with Crippen molar-refractivity contribution in [1.29, 1.82) is 0 Å². The van der Waals surface area contributed by atoms with Gasteiger partial charge in [0.15, 0.2) is 0 Å². The van der Waals surface area contributed by atoms with Gasteiger partial charge in [0.25, 0.3) is 0 Å². The minimum atomic E-state index is -4.09. The molecule has 0 spiro atoms. The van der Waals surface area contributed by atoms with Crippen LogP contribution in [0.1, 0.15) is 26.2 Å². The third-order valence-corrected chi connectivity index (χ3v) is 3.80. The Kier molecular flexibility index (Phi) is 3.53. The van der Waals surface area contributed by atoms with Crippen molar-refractivity contribution in [2.24, 2.45) is 11.0 Å². The van der Waals surface area contributed by atoms with Crippen LogP contribution in [0.15, 0.2) is 5.10 Å². The molecule has 0 aromatic carbocycles. The van der Waals surface area contributed by atoms with Gasteiger partial charge in [0.05, 0.1) is 12.0 Å². The number of alkyl halides is 5. The zero-order chi connectivity index (χ0) is 14.4. The molecule has 1 heterocycles. The second-order valence-electron chi connectivity index (χ2n) is 4.88. The van der Waals surface area contributed by atoms with Gasteiger partial charge < -0.3 is 0 Å². The lowest BCUT2D eigenvalue weighted by molar-refractivity contribution is -0.322. The summed E-state index contributed by atoms with van der Waals surface area (Å²) >= 11 is 5.53. The van der Waals surface area contributed by atoms with Crippen LogP contribution >= 0.6 is 11.6 Å². The third kappa shape index (κ3) is 2.22. The number of hydrogen-bond donors (Lipinski definition) is 0. The summed E-state index contributed by atoms with van der Waals surface area (Å²) in [4.78, 5) is 11.4. The van der Waals surface area contributed by atoms with Crippen LogP contribution in [0, 0.1) is 5.92 Å². The van der Waals surface area contributed by atoms with Gasteiger partial charge in [-0.15, -0.1) is 11.6 Å². The van der Waals surface area contributed by atoms with Gasteiger partial charge in [-0.25, -0.2) is 5.01 Å². The van der Waals surface area contributed by atoms with Gasteiger partial charge in [-0.2, -0.15) is 22.7 Å². The van der Waals surface area contributed by atoms with E-state index in [2.05, 4.69) is 5.10 Å². The number of carbonyl (C=O) groups is 1. The fourth-order valence-corrected chi connectivity index (χ4v) is 2.75. The second-order valence-corrected chi connectivity index (χ2v) is 5.26. The average Bonchev–Trinajstić information content (AvgIpc) is 2.70. The van der Waals surface area contributed by atoms with Crippen molar-refractivity contribution in [3.63, 3.8) is 0 Å². The number of nitrogens with zero attached hydrogens (tertiary/aromatic N) is 2. The van der Waals surface area contributed by atoms with Gasteiger partial charge in [-0.05, 0) is 0 Å². The Morgan fingerprint density at radius 2 is 2.11 bits per heavy atom. The van der Waals surface area contributed by atoms with Crippen molar-refractivity contribution in [1.82, 2.24) is 5.01 Å². The highest BCUT2D eigenvalue weighted by molar-refractivity contribution is 6.19. The molecule has 0 aromatic rings. The minimum Gasteiger partial charge on any atom is -0.273 e. The Balaban J connectivity index is 2.16. The fraction of sp³-hybridized carbons (Fsp3) is 0.818. The largest absolute Gasteiger partial charge is 0.315 e. The predicted molar refractivity (Wildman–Crippen MR) is 61.7 cm³/mol. The molecule has 0 radical (unpaired) electrons. The summed E-state index contributed by atoms with van der Waals surface area (Å²) < 4.78 is 52.6. The molecule has 2 aliphatic rings. The lowest BCUT2D eigenvalue weighted by atomic mass is 9.71. The smallest absolute Gasteiger partial charge is 0.273 e. The van der Waals surface area contributed by atoms with Crippen LogP contribution in [0.4, 0.5) is 17.6 Å². The van der Waals surface area contributed by atoms with E-state index >= 15 is 0 Å². The first-order valence-electron chi connectivity index (χ1n) is 5.88. The molecule has 0 saturated heterocycles. The number of carbonyl (C=O) groups excluding carboxylic acids is 1. The SMILES string of the molecule is CC(=O)N1N=C(CCCl)CC1C1CC(F)(F)C1(F)F. The van der Waals surface area contributed by atoms with Gasteiger partial charge in [-0.3, -0.25) is 4.79 Å². The number of hydrogen-bond acceptors (Lipinski definition) is 2. The monoisotopic (exact) mass is 300 g/mol. The van der Waals surface area contributed by atoms with Gasteiger partial charge in [0.1, 0.15) is 0 Å². The van der Waals surface area contributed by atoms with E-state index in [0.717, 1.165) is 5.01 Å². The predicted octanol–water partition coefficient (Wildman–Crippen LogP) is 2.88. The van der Waals surface area contributed by atoms with Crippen molar-refractivity contribution >= 4 is 23.2 Å². The van der Waals surface area contributed by atoms with Crippen LogP contribution in [0.5, 0.6) is 0 Å². The quantitative estimate of drug-likeness (QED) is 0.583. The number of hydrazone groups is 1. The number of amides is 1. The summed E-state index contributed by atoms with van der Waals surface area (Å²) in [6, 6.07) is -0.995. The molecule has 2 atom stereocenters. The van der Waals surface area contributed by atoms with Gasteiger partial charge in [0, 0.05) is 37.8 Å². The van der Waals surface area contributed by atoms with E-state index in [-0.39, 0.29) is 12.3 Å². The molecule has 1 fully saturated rings. The molecule has 1 aliphatic heterocycles. The number of rotatable bonds is 3. The second kappa shape index (κ2) is 4.61. The Hall–Kier alpha value is -0.850. The first-order valence-corrected chi connectivity index (χ1v) is 6.42. The Labute approximate surface area is 112 Å². The molecule has 8 heteroatoms. The molecule has 2 rings (SSSR count). The zero-order valence-electron chi connectivity index (χ0n) is 10.2. The highest BCUT2D eigenvalue weighted by Crippen LogP contribution is 2.58. The molecule has 108 valence electrons. The van der Waals surface area contributed by atoms with Crippen LogP contribution in [0.3, 0.4) is 0 Å². The molecule has 1 amide bonds. The van der Waals surface area contributed by atoms with E-state index in [9.17, 15) is 22.4 Å². The van der Waals surface area contributed by atoms with Gasteiger partial charge in [0.2, 0.25) is 5.91 Å². The Morgan fingerprint density at radius 3 is 2.53 bits per heavy atom. The van der Waals surface area contributed by atoms with E-state index in [1.807, 2.05) is 0 Å². The van der Waals surface area contributed by atoms with Crippen LogP contribution in [0.2, 0.25) is 0 Å². The van der Waals surface area contributed by atoms with Gasteiger partial charge >= 0.3 is 11.8 Å². The van der Waals surface area contributed by atoms with Crippen molar-refractivity contribution < 1.29 is 22.4 Å². The van der Waals surface area contributed by atoms with E-state index in [4.69, 9.17) is 11.6 Å². The van der Waals surface area contributed by atoms with E-state index in [1.165, 1.54) is 6.92 Å². The topological polar surface area (TPSA) is 32.7 Å². The minimum absolute atomic E-state index is 0.0859.